The Kier molecular flexibility index (Phi) is 5.13. The summed E-state index contributed by atoms with van der Waals surface area (Å²) in [6.07, 6.45) is -3.92. The fourth-order valence-electron chi connectivity index (χ4n) is 2.99. The normalized spacial score (nSPS) is 27.7. The number of aromatic amines is 2. The first kappa shape index (κ1) is 21.1. The lowest BCUT2D eigenvalue weighted by molar-refractivity contribution is -0.222. The molecule has 29 heavy (non-hydrogen) atoms. The van der Waals surface area contributed by atoms with Gasteiger partial charge in [-0.25, -0.2) is 14.6 Å². The summed E-state index contributed by atoms with van der Waals surface area (Å²) >= 11 is 0. The van der Waals surface area contributed by atoms with Gasteiger partial charge >= 0.3 is 11.7 Å². The molecule has 0 aromatic carbocycles. The molecular formula is C16H23N5O8. The van der Waals surface area contributed by atoms with E-state index in [1.54, 1.807) is 32.8 Å². The van der Waals surface area contributed by atoms with Gasteiger partial charge in [0.15, 0.2) is 11.2 Å². The second-order valence-electron chi connectivity index (χ2n) is 7.42. The molecule has 4 atom stereocenters. The standard InChI is InChI=1S/C16H23N5O8/c1-15(2,20(3)4)29-13(26)16(10(24)9(23)7(5-22)28-16)21-6-17-8-11(21)18-14(27)19-12(8)25/h6-7,9-10,22-24H,5H2,1-4H3,(H2,18,19,25,27)/t7-,9-,10-,16+/m1/s1. The van der Waals surface area contributed by atoms with Crippen LogP contribution in [0.1, 0.15) is 13.8 Å². The van der Waals surface area contributed by atoms with Crippen molar-refractivity contribution in [2.24, 2.45) is 0 Å². The Hall–Kier alpha value is -2.58. The van der Waals surface area contributed by atoms with E-state index in [0.717, 1.165) is 10.9 Å². The molecule has 2 aromatic heterocycles. The first-order chi connectivity index (χ1) is 13.5. The number of fused-ring (bicyclic) bond motifs is 1. The third kappa shape index (κ3) is 3.16. The monoisotopic (exact) mass is 413 g/mol. The molecule has 1 saturated heterocycles. The van der Waals surface area contributed by atoms with Crippen LogP contribution in [0.2, 0.25) is 0 Å². The molecule has 0 amide bonds. The molecule has 0 spiro atoms. The number of aliphatic hydroxyl groups is 3. The van der Waals surface area contributed by atoms with Gasteiger partial charge in [-0.3, -0.25) is 24.2 Å². The van der Waals surface area contributed by atoms with Gasteiger partial charge in [0, 0.05) is 0 Å². The highest BCUT2D eigenvalue weighted by Gasteiger charge is 2.63. The van der Waals surface area contributed by atoms with Gasteiger partial charge in [-0.2, -0.15) is 0 Å². The predicted molar refractivity (Wildman–Crippen MR) is 96.8 cm³/mol. The topological polar surface area (TPSA) is 183 Å². The van der Waals surface area contributed by atoms with Crippen LogP contribution in [0.5, 0.6) is 0 Å². The number of hydrogen-bond donors (Lipinski definition) is 5. The van der Waals surface area contributed by atoms with Gasteiger partial charge in [-0.1, -0.05) is 0 Å². The van der Waals surface area contributed by atoms with E-state index >= 15 is 0 Å². The lowest BCUT2D eigenvalue weighted by Gasteiger charge is -2.37. The van der Waals surface area contributed by atoms with Gasteiger partial charge in [0.05, 0.1) is 6.61 Å². The van der Waals surface area contributed by atoms with E-state index in [0.29, 0.717) is 0 Å². The molecule has 13 heteroatoms. The number of aromatic nitrogens is 4. The second-order valence-corrected chi connectivity index (χ2v) is 7.42. The molecule has 5 N–H and O–H groups in total. The van der Waals surface area contributed by atoms with Gasteiger partial charge in [0.2, 0.25) is 0 Å². The number of carbonyl (C=O) groups is 1. The lowest BCUT2D eigenvalue weighted by atomic mass is 10.0. The van der Waals surface area contributed by atoms with Gasteiger partial charge in [-0.15, -0.1) is 0 Å². The van der Waals surface area contributed by atoms with E-state index in [9.17, 15) is 29.7 Å². The number of rotatable bonds is 5. The van der Waals surface area contributed by atoms with E-state index in [1.807, 2.05) is 4.98 Å². The van der Waals surface area contributed by atoms with Crippen LogP contribution in [0.3, 0.4) is 0 Å². The molecule has 0 aliphatic carbocycles. The molecule has 160 valence electrons. The highest BCUT2D eigenvalue weighted by molar-refractivity contribution is 5.82. The highest BCUT2D eigenvalue weighted by Crippen LogP contribution is 2.39. The van der Waals surface area contributed by atoms with Crippen molar-refractivity contribution in [2.75, 3.05) is 20.7 Å². The molecule has 1 fully saturated rings. The summed E-state index contributed by atoms with van der Waals surface area (Å²) in [4.78, 5) is 46.8. The fraction of sp³-hybridized carbons (Fsp3) is 0.625. The Morgan fingerprint density at radius 3 is 2.59 bits per heavy atom. The van der Waals surface area contributed by atoms with Gasteiger partial charge in [0.25, 0.3) is 11.3 Å². The van der Waals surface area contributed by atoms with Gasteiger partial charge in [0.1, 0.15) is 30.3 Å². The zero-order valence-corrected chi connectivity index (χ0v) is 16.2. The fourth-order valence-corrected chi connectivity index (χ4v) is 2.99. The summed E-state index contributed by atoms with van der Waals surface area (Å²) in [5.74, 6) is -1.13. The summed E-state index contributed by atoms with van der Waals surface area (Å²) in [6.45, 7) is 2.45. The summed E-state index contributed by atoms with van der Waals surface area (Å²) < 4.78 is 12.0. The molecule has 0 bridgehead atoms. The number of H-pyrrole nitrogens is 2. The molecule has 1 aliphatic rings. The van der Waals surface area contributed by atoms with E-state index < -0.39 is 53.6 Å². The average Bonchev–Trinajstić information content (AvgIpc) is 3.15. The Morgan fingerprint density at radius 1 is 1.38 bits per heavy atom. The van der Waals surface area contributed by atoms with Crippen molar-refractivity contribution < 1.29 is 29.6 Å². The lowest BCUT2D eigenvalue weighted by Crippen LogP contribution is -2.56. The summed E-state index contributed by atoms with van der Waals surface area (Å²) in [6, 6.07) is 0. The van der Waals surface area contributed by atoms with Crippen LogP contribution in [0.15, 0.2) is 15.9 Å². The number of carbonyl (C=O) groups excluding carboxylic acids is 1. The zero-order chi connectivity index (χ0) is 21.7. The minimum atomic E-state index is -2.43. The first-order valence-electron chi connectivity index (χ1n) is 8.71. The van der Waals surface area contributed by atoms with Crippen LogP contribution in [0, 0.1) is 0 Å². The predicted octanol–water partition coefficient (Wildman–Crippen LogP) is -2.98. The Balaban J connectivity index is 2.25. The Morgan fingerprint density at radius 2 is 2.03 bits per heavy atom. The number of nitrogens with zero attached hydrogens (tertiary/aromatic N) is 3. The highest BCUT2D eigenvalue weighted by atomic mass is 16.6. The largest absolute Gasteiger partial charge is 0.441 e. The third-order valence-corrected chi connectivity index (χ3v) is 5.13. The minimum absolute atomic E-state index is 0.233. The molecule has 3 heterocycles. The molecular weight excluding hydrogens is 390 g/mol. The van der Waals surface area contributed by atoms with Gasteiger partial charge in [-0.05, 0) is 27.9 Å². The summed E-state index contributed by atoms with van der Waals surface area (Å²) in [7, 11) is 3.31. The smallest absolute Gasteiger partial charge is 0.365 e. The Bertz CT molecular complexity index is 1040. The van der Waals surface area contributed by atoms with E-state index in [4.69, 9.17) is 9.47 Å². The van der Waals surface area contributed by atoms with Crippen molar-refractivity contribution in [2.45, 2.75) is 43.6 Å². The molecule has 0 radical (unpaired) electrons. The van der Waals surface area contributed by atoms with Crippen molar-refractivity contribution in [1.82, 2.24) is 24.4 Å². The van der Waals surface area contributed by atoms with Crippen LogP contribution in [-0.2, 0) is 20.0 Å². The van der Waals surface area contributed by atoms with E-state index in [2.05, 4.69) is 9.97 Å². The van der Waals surface area contributed by atoms with E-state index in [1.165, 1.54) is 0 Å². The third-order valence-electron chi connectivity index (χ3n) is 5.13. The number of nitrogens with one attached hydrogen (secondary N) is 2. The number of aliphatic hydroxyl groups excluding tert-OH is 3. The second kappa shape index (κ2) is 7.03. The summed E-state index contributed by atoms with van der Waals surface area (Å²) in [5, 5.41) is 30.6. The number of ether oxygens (including phenoxy) is 2. The molecule has 3 rings (SSSR count). The quantitative estimate of drug-likeness (QED) is 0.250. The maximum absolute atomic E-state index is 13.3. The number of imidazole rings is 1. The number of esters is 1. The molecule has 1 aliphatic heterocycles. The van der Waals surface area contributed by atoms with Crippen LogP contribution < -0.4 is 11.2 Å². The number of hydrogen-bond acceptors (Lipinski definition) is 10. The molecule has 2 aromatic rings. The van der Waals surface area contributed by atoms with Crippen molar-refractivity contribution in [3.8, 4) is 0 Å². The average molecular weight is 413 g/mol. The maximum atomic E-state index is 13.3. The van der Waals surface area contributed by atoms with Crippen molar-refractivity contribution >= 4 is 17.1 Å². The van der Waals surface area contributed by atoms with E-state index in [-0.39, 0.29) is 11.2 Å². The first-order valence-corrected chi connectivity index (χ1v) is 8.71. The molecule has 13 nitrogen and oxygen atoms in total. The van der Waals surface area contributed by atoms with Crippen LogP contribution in [0.25, 0.3) is 11.2 Å². The van der Waals surface area contributed by atoms with Crippen LogP contribution in [-0.4, -0.2) is 90.4 Å². The maximum Gasteiger partial charge on any atom is 0.365 e. The van der Waals surface area contributed by atoms with Crippen molar-refractivity contribution in [1.29, 1.82) is 0 Å². The minimum Gasteiger partial charge on any atom is -0.441 e. The van der Waals surface area contributed by atoms with Crippen molar-refractivity contribution in [3.63, 3.8) is 0 Å². The zero-order valence-electron chi connectivity index (χ0n) is 16.2. The summed E-state index contributed by atoms with van der Waals surface area (Å²) in [5.41, 5.74) is -5.76. The molecule has 0 saturated carbocycles. The Labute approximate surface area is 163 Å². The SMILES string of the molecule is CN(C)C(C)(C)OC(=O)[C@@]1(n2cnc3c(=O)[nH]c(=O)[nH]c32)O[C@H](CO)[C@@H](O)[C@H]1O. The van der Waals surface area contributed by atoms with Crippen LogP contribution >= 0.6 is 0 Å². The van der Waals surface area contributed by atoms with Gasteiger partial charge < -0.3 is 24.8 Å². The molecule has 0 unspecified atom stereocenters. The van der Waals surface area contributed by atoms with Crippen LogP contribution in [0.4, 0.5) is 0 Å². The van der Waals surface area contributed by atoms with Crippen molar-refractivity contribution in [3.05, 3.63) is 27.2 Å².